The van der Waals surface area contributed by atoms with Gasteiger partial charge < -0.3 is 25.6 Å². The summed E-state index contributed by atoms with van der Waals surface area (Å²) in [4.78, 5) is 25.7. The van der Waals surface area contributed by atoms with Crippen molar-refractivity contribution in [2.45, 2.75) is 31.1 Å². The van der Waals surface area contributed by atoms with Gasteiger partial charge in [0.25, 0.3) is 5.91 Å². The number of anilines is 1. The second-order valence-electron chi connectivity index (χ2n) is 8.11. The summed E-state index contributed by atoms with van der Waals surface area (Å²) >= 11 is 0. The third kappa shape index (κ3) is 4.32. The van der Waals surface area contributed by atoms with Crippen molar-refractivity contribution in [1.29, 1.82) is 0 Å². The van der Waals surface area contributed by atoms with E-state index in [1.807, 2.05) is 30.3 Å². The molecule has 2 aromatic heterocycles. The number of hydrogen-bond donors (Lipinski definition) is 4. The first-order valence-corrected chi connectivity index (χ1v) is 11.0. The lowest BCUT2D eigenvalue weighted by molar-refractivity contribution is -0.137. The summed E-state index contributed by atoms with van der Waals surface area (Å²) < 4.78 is 20.7. The molecule has 0 saturated carbocycles. The van der Waals surface area contributed by atoms with E-state index in [1.165, 1.54) is 30.1 Å². The van der Waals surface area contributed by atoms with Crippen LogP contribution in [-0.2, 0) is 16.1 Å². The number of aromatic nitrogens is 4. The number of rotatable bonds is 6. The van der Waals surface area contributed by atoms with Crippen molar-refractivity contribution in [2.75, 3.05) is 12.4 Å². The Hall–Kier alpha value is -3.93. The van der Waals surface area contributed by atoms with Gasteiger partial charge >= 0.3 is 0 Å². The molecule has 180 valence electrons. The molecular formula is C24H23FN6O4. The maximum Gasteiger partial charge on any atom is 0.251 e. The fraction of sp³-hybridized carbons (Fsp3) is 0.250. The Kier molecular flexibility index (Phi) is 6.12. The molecule has 1 aliphatic heterocycles. The maximum absolute atomic E-state index is 13.5. The van der Waals surface area contributed by atoms with Crippen molar-refractivity contribution >= 4 is 22.9 Å². The number of benzene rings is 2. The van der Waals surface area contributed by atoms with Gasteiger partial charge in [-0.05, 0) is 29.8 Å². The first-order chi connectivity index (χ1) is 17.0. The summed E-state index contributed by atoms with van der Waals surface area (Å²) in [5, 5.41) is 26.7. The van der Waals surface area contributed by atoms with Crippen LogP contribution in [0.5, 0.6) is 0 Å². The predicted molar refractivity (Wildman–Crippen MR) is 124 cm³/mol. The van der Waals surface area contributed by atoms with Gasteiger partial charge in [0.2, 0.25) is 0 Å². The number of aliphatic hydroxyl groups excluding tert-OH is 2. The number of hydrogen-bond acceptors (Lipinski definition) is 8. The Bertz CT molecular complexity index is 1350. The second kappa shape index (κ2) is 9.37. The van der Waals surface area contributed by atoms with E-state index in [1.54, 1.807) is 12.1 Å². The summed E-state index contributed by atoms with van der Waals surface area (Å²) in [6, 6.07) is 15.5. The third-order valence-electron chi connectivity index (χ3n) is 5.84. The maximum atomic E-state index is 13.5. The second-order valence-corrected chi connectivity index (χ2v) is 8.11. The molecule has 0 bridgehead atoms. The molecule has 0 radical (unpaired) electrons. The van der Waals surface area contributed by atoms with Gasteiger partial charge in [-0.25, -0.2) is 19.3 Å². The zero-order valence-corrected chi connectivity index (χ0v) is 18.7. The molecule has 1 saturated heterocycles. The van der Waals surface area contributed by atoms with Crippen LogP contribution in [-0.4, -0.2) is 61.0 Å². The number of halogens is 1. The molecule has 11 heteroatoms. The van der Waals surface area contributed by atoms with Crippen LogP contribution in [0.2, 0.25) is 0 Å². The molecule has 2 aromatic carbocycles. The van der Waals surface area contributed by atoms with Crippen molar-refractivity contribution in [3.8, 4) is 11.4 Å². The number of nitrogens with zero attached hydrogens (tertiary/aromatic N) is 4. The number of imidazole rings is 1. The molecule has 1 aliphatic rings. The van der Waals surface area contributed by atoms with E-state index in [4.69, 9.17) is 4.74 Å². The Morgan fingerprint density at radius 1 is 1.09 bits per heavy atom. The zero-order valence-electron chi connectivity index (χ0n) is 18.7. The van der Waals surface area contributed by atoms with E-state index in [-0.39, 0.29) is 5.82 Å². The minimum Gasteiger partial charge on any atom is -0.387 e. The molecule has 4 N–H and O–H groups in total. The van der Waals surface area contributed by atoms with Gasteiger partial charge in [-0.15, -0.1) is 0 Å². The molecule has 5 rings (SSSR count). The Morgan fingerprint density at radius 2 is 1.83 bits per heavy atom. The number of fused-ring (bicyclic) bond motifs is 1. The molecule has 0 aliphatic carbocycles. The predicted octanol–water partition coefficient (Wildman–Crippen LogP) is 1.61. The molecule has 4 atom stereocenters. The summed E-state index contributed by atoms with van der Waals surface area (Å²) in [6.07, 6.45) is -3.80. The Labute approximate surface area is 199 Å². The fourth-order valence-corrected chi connectivity index (χ4v) is 3.98. The minimum atomic E-state index is -1.44. The average molecular weight is 478 g/mol. The van der Waals surface area contributed by atoms with Crippen molar-refractivity contribution < 1.29 is 24.1 Å². The fourth-order valence-electron chi connectivity index (χ4n) is 3.98. The highest BCUT2D eigenvalue weighted by molar-refractivity contribution is 5.85. The van der Waals surface area contributed by atoms with E-state index >= 15 is 0 Å². The number of amides is 1. The zero-order chi connectivity index (χ0) is 24.5. The molecule has 4 aromatic rings. The molecular weight excluding hydrogens is 455 g/mol. The van der Waals surface area contributed by atoms with Crippen molar-refractivity contribution in [3.63, 3.8) is 0 Å². The lowest BCUT2D eigenvalue weighted by Gasteiger charge is -2.17. The van der Waals surface area contributed by atoms with E-state index in [2.05, 4.69) is 25.6 Å². The highest BCUT2D eigenvalue weighted by atomic mass is 19.1. The lowest BCUT2D eigenvalue weighted by atomic mass is 10.1. The normalized spacial score (nSPS) is 21.8. The lowest BCUT2D eigenvalue weighted by Crippen LogP contribution is -2.41. The van der Waals surface area contributed by atoms with Crippen LogP contribution in [0.3, 0.4) is 0 Å². The summed E-state index contributed by atoms with van der Waals surface area (Å²) in [7, 11) is 1.41. The van der Waals surface area contributed by atoms with E-state index < -0.39 is 30.4 Å². The van der Waals surface area contributed by atoms with E-state index in [0.29, 0.717) is 34.9 Å². The van der Waals surface area contributed by atoms with Crippen LogP contribution in [0.15, 0.2) is 60.9 Å². The van der Waals surface area contributed by atoms with E-state index in [9.17, 15) is 19.4 Å². The standard InChI is InChI=1S/C24H23FN6O4/c1-26-23(34)19-17(32)18(33)24(35-19)31-12-28-16-21(27-11-13-5-3-2-4-6-13)29-20(30-22(16)31)14-7-9-15(25)10-8-14/h2-10,12,17-19,24,32-33H,11H2,1H3,(H,26,34)(H,27,29,30). The molecule has 3 heterocycles. The molecule has 1 amide bonds. The number of likely N-dealkylation sites (N-methyl/N-ethyl adjacent to an activating group) is 1. The van der Waals surface area contributed by atoms with Crippen molar-refractivity contribution in [1.82, 2.24) is 24.8 Å². The van der Waals surface area contributed by atoms with Gasteiger partial charge in [-0.2, -0.15) is 0 Å². The summed E-state index contributed by atoms with van der Waals surface area (Å²) in [6.45, 7) is 0.461. The van der Waals surface area contributed by atoms with Crippen LogP contribution in [0.4, 0.5) is 10.2 Å². The monoisotopic (exact) mass is 478 g/mol. The topological polar surface area (TPSA) is 134 Å². The summed E-state index contributed by atoms with van der Waals surface area (Å²) in [5.74, 6) is -0.229. The quantitative estimate of drug-likeness (QED) is 0.328. The van der Waals surface area contributed by atoms with Crippen LogP contribution >= 0.6 is 0 Å². The third-order valence-corrected chi connectivity index (χ3v) is 5.84. The molecule has 10 nitrogen and oxygen atoms in total. The van der Waals surface area contributed by atoms with Crippen LogP contribution in [0.25, 0.3) is 22.6 Å². The molecule has 35 heavy (non-hydrogen) atoms. The van der Waals surface area contributed by atoms with Gasteiger partial charge in [0, 0.05) is 19.2 Å². The van der Waals surface area contributed by atoms with Gasteiger partial charge in [0.05, 0.1) is 6.33 Å². The number of carbonyl (C=O) groups is 1. The smallest absolute Gasteiger partial charge is 0.251 e. The Morgan fingerprint density at radius 3 is 2.54 bits per heavy atom. The number of ether oxygens (including phenoxy) is 1. The molecule has 4 unspecified atom stereocenters. The van der Waals surface area contributed by atoms with Gasteiger partial charge in [0.15, 0.2) is 35.1 Å². The van der Waals surface area contributed by atoms with Crippen molar-refractivity contribution in [3.05, 3.63) is 72.3 Å². The summed E-state index contributed by atoms with van der Waals surface area (Å²) in [5.41, 5.74) is 2.30. The van der Waals surface area contributed by atoms with Crippen LogP contribution < -0.4 is 10.6 Å². The molecule has 0 spiro atoms. The van der Waals surface area contributed by atoms with Crippen molar-refractivity contribution in [2.24, 2.45) is 0 Å². The first kappa shape index (κ1) is 22.8. The van der Waals surface area contributed by atoms with Crippen LogP contribution in [0, 0.1) is 5.82 Å². The largest absolute Gasteiger partial charge is 0.387 e. The van der Waals surface area contributed by atoms with Gasteiger partial charge in [-0.3, -0.25) is 9.36 Å². The van der Waals surface area contributed by atoms with E-state index in [0.717, 1.165) is 5.56 Å². The number of carbonyl (C=O) groups excluding carboxylic acids is 1. The Balaban J connectivity index is 1.58. The first-order valence-electron chi connectivity index (χ1n) is 11.0. The van der Waals surface area contributed by atoms with Gasteiger partial charge in [0.1, 0.15) is 18.0 Å². The highest BCUT2D eigenvalue weighted by Crippen LogP contribution is 2.33. The minimum absolute atomic E-state index is 0.297. The number of aliphatic hydroxyl groups is 2. The highest BCUT2D eigenvalue weighted by Gasteiger charge is 2.47. The van der Waals surface area contributed by atoms with Crippen LogP contribution in [0.1, 0.15) is 11.8 Å². The SMILES string of the molecule is CNC(=O)C1OC(n2cnc3c(NCc4ccccc4)nc(-c4ccc(F)cc4)nc32)C(O)C1O. The number of nitrogens with one attached hydrogen (secondary N) is 2. The molecule has 1 fully saturated rings. The average Bonchev–Trinajstić information content (AvgIpc) is 3.44. The van der Waals surface area contributed by atoms with Gasteiger partial charge in [-0.1, -0.05) is 30.3 Å².